The van der Waals surface area contributed by atoms with Crippen LogP contribution in [-0.2, 0) is 13.0 Å². The van der Waals surface area contributed by atoms with E-state index in [4.69, 9.17) is 4.74 Å². The molecule has 20 heavy (non-hydrogen) atoms. The van der Waals surface area contributed by atoms with E-state index in [9.17, 15) is 0 Å². The van der Waals surface area contributed by atoms with Gasteiger partial charge >= 0.3 is 0 Å². The lowest BCUT2D eigenvalue weighted by Crippen LogP contribution is -1.99. The maximum atomic E-state index is 5.22. The van der Waals surface area contributed by atoms with E-state index in [-0.39, 0.29) is 0 Å². The predicted octanol–water partition coefficient (Wildman–Crippen LogP) is 4.12. The Labute approximate surface area is 131 Å². The number of halogens is 1. The van der Waals surface area contributed by atoms with Crippen molar-refractivity contribution >= 4 is 32.4 Å². The van der Waals surface area contributed by atoms with Crippen LogP contribution < -0.4 is 10.1 Å². The van der Waals surface area contributed by atoms with E-state index in [1.165, 1.54) is 5.56 Å². The number of methoxy groups -OCH3 is 1. The molecule has 0 fully saturated rings. The lowest BCUT2D eigenvalue weighted by Gasteiger charge is -2.06. The molecule has 6 heteroatoms. The van der Waals surface area contributed by atoms with Gasteiger partial charge in [0, 0.05) is 13.0 Å². The van der Waals surface area contributed by atoms with Crippen LogP contribution in [-0.4, -0.2) is 17.3 Å². The zero-order valence-corrected chi connectivity index (χ0v) is 14.2. The molecule has 108 valence electrons. The van der Waals surface area contributed by atoms with E-state index >= 15 is 0 Å². The molecule has 1 aromatic carbocycles. The second-order valence-corrected chi connectivity index (χ2v) is 6.84. The van der Waals surface area contributed by atoms with Gasteiger partial charge in [0.1, 0.15) is 10.8 Å². The number of hydrogen-bond acceptors (Lipinski definition) is 5. The Bertz CT molecular complexity index is 571. The second kappa shape index (κ2) is 7.04. The van der Waals surface area contributed by atoms with E-state index in [1.807, 2.05) is 18.2 Å². The SMILES string of the molecule is COc1ccc(CNc2nnc(CC(C)C)s2)cc1Br. The quantitative estimate of drug-likeness (QED) is 0.846. The Hall–Kier alpha value is -1.14. The molecule has 0 radical (unpaired) electrons. The van der Waals surface area contributed by atoms with Gasteiger partial charge in [0.05, 0.1) is 11.6 Å². The summed E-state index contributed by atoms with van der Waals surface area (Å²) >= 11 is 5.11. The third-order valence-electron chi connectivity index (χ3n) is 2.71. The van der Waals surface area contributed by atoms with Gasteiger partial charge in [0.2, 0.25) is 5.13 Å². The first-order valence-electron chi connectivity index (χ1n) is 6.47. The highest BCUT2D eigenvalue weighted by molar-refractivity contribution is 9.10. The molecule has 2 aromatic rings. The summed E-state index contributed by atoms with van der Waals surface area (Å²) in [6.45, 7) is 5.09. The highest BCUT2D eigenvalue weighted by atomic mass is 79.9. The highest BCUT2D eigenvalue weighted by Gasteiger charge is 2.06. The highest BCUT2D eigenvalue weighted by Crippen LogP contribution is 2.26. The molecule has 4 nitrogen and oxygen atoms in total. The van der Waals surface area contributed by atoms with Crippen molar-refractivity contribution in [3.8, 4) is 5.75 Å². The average molecular weight is 356 g/mol. The molecule has 0 saturated heterocycles. The number of anilines is 1. The van der Waals surface area contributed by atoms with Gasteiger partial charge in [0.15, 0.2) is 0 Å². The van der Waals surface area contributed by atoms with Crippen LogP contribution in [0.4, 0.5) is 5.13 Å². The van der Waals surface area contributed by atoms with Crippen molar-refractivity contribution in [2.45, 2.75) is 26.8 Å². The number of benzene rings is 1. The average Bonchev–Trinajstić information content (AvgIpc) is 2.83. The molecule has 1 heterocycles. The number of hydrogen-bond donors (Lipinski definition) is 1. The van der Waals surface area contributed by atoms with Crippen LogP contribution in [0, 0.1) is 5.92 Å². The van der Waals surface area contributed by atoms with Gasteiger partial charge < -0.3 is 10.1 Å². The molecule has 0 bridgehead atoms. The van der Waals surface area contributed by atoms with Crippen molar-refractivity contribution in [2.75, 3.05) is 12.4 Å². The van der Waals surface area contributed by atoms with Crippen molar-refractivity contribution in [3.05, 3.63) is 33.2 Å². The van der Waals surface area contributed by atoms with Crippen LogP contribution in [0.3, 0.4) is 0 Å². The molecular weight excluding hydrogens is 338 g/mol. The minimum Gasteiger partial charge on any atom is -0.496 e. The normalized spacial score (nSPS) is 10.8. The molecule has 1 aromatic heterocycles. The van der Waals surface area contributed by atoms with Crippen molar-refractivity contribution in [1.29, 1.82) is 0 Å². The van der Waals surface area contributed by atoms with Gasteiger partial charge in [-0.2, -0.15) is 0 Å². The molecule has 0 aliphatic heterocycles. The summed E-state index contributed by atoms with van der Waals surface area (Å²) in [6, 6.07) is 6.03. The monoisotopic (exact) mass is 355 g/mol. The molecule has 0 atom stereocenters. The summed E-state index contributed by atoms with van der Waals surface area (Å²) in [7, 11) is 1.66. The van der Waals surface area contributed by atoms with Gasteiger partial charge in [-0.3, -0.25) is 0 Å². The van der Waals surface area contributed by atoms with Gasteiger partial charge in [-0.15, -0.1) is 10.2 Å². The van der Waals surface area contributed by atoms with Gasteiger partial charge in [0.25, 0.3) is 0 Å². The lowest BCUT2D eigenvalue weighted by atomic mass is 10.1. The maximum absolute atomic E-state index is 5.22. The van der Waals surface area contributed by atoms with Gasteiger partial charge in [-0.05, 0) is 39.5 Å². The molecule has 0 aliphatic carbocycles. The summed E-state index contributed by atoms with van der Waals surface area (Å²) in [4.78, 5) is 0. The summed E-state index contributed by atoms with van der Waals surface area (Å²) in [5, 5.41) is 13.6. The van der Waals surface area contributed by atoms with Crippen molar-refractivity contribution in [3.63, 3.8) is 0 Å². The number of ether oxygens (including phenoxy) is 1. The van der Waals surface area contributed by atoms with Crippen LogP contribution in [0.15, 0.2) is 22.7 Å². The molecule has 1 N–H and O–H groups in total. The second-order valence-electron chi connectivity index (χ2n) is 4.92. The topological polar surface area (TPSA) is 47.0 Å². The fourth-order valence-electron chi connectivity index (χ4n) is 1.75. The van der Waals surface area contributed by atoms with E-state index in [2.05, 4.69) is 45.3 Å². The van der Waals surface area contributed by atoms with Crippen molar-refractivity contribution < 1.29 is 4.74 Å². The minimum atomic E-state index is 0.605. The maximum Gasteiger partial charge on any atom is 0.205 e. The fourth-order valence-corrected chi connectivity index (χ4v) is 3.29. The third-order valence-corrected chi connectivity index (χ3v) is 4.23. The van der Waals surface area contributed by atoms with Crippen LogP contribution in [0.5, 0.6) is 5.75 Å². The predicted molar refractivity (Wildman–Crippen MR) is 86.5 cm³/mol. The van der Waals surface area contributed by atoms with Crippen LogP contribution in [0.25, 0.3) is 0 Å². The fraction of sp³-hybridized carbons (Fsp3) is 0.429. The van der Waals surface area contributed by atoms with Crippen LogP contribution >= 0.6 is 27.3 Å². The van der Waals surface area contributed by atoms with E-state index in [1.54, 1.807) is 18.4 Å². The number of rotatable bonds is 6. The zero-order valence-electron chi connectivity index (χ0n) is 11.8. The molecule has 2 rings (SSSR count). The first-order chi connectivity index (χ1) is 9.58. The van der Waals surface area contributed by atoms with Gasteiger partial charge in [-0.1, -0.05) is 31.3 Å². The smallest absolute Gasteiger partial charge is 0.205 e. The van der Waals surface area contributed by atoms with Gasteiger partial charge in [-0.25, -0.2) is 0 Å². The van der Waals surface area contributed by atoms with Crippen molar-refractivity contribution in [2.24, 2.45) is 5.92 Å². The Kier molecular flexibility index (Phi) is 5.37. The number of nitrogens with one attached hydrogen (secondary N) is 1. The van der Waals surface area contributed by atoms with Crippen LogP contribution in [0.1, 0.15) is 24.4 Å². The zero-order chi connectivity index (χ0) is 14.5. The Balaban J connectivity index is 1.94. The van der Waals surface area contributed by atoms with E-state index in [0.717, 1.165) is 33.3 Å². The van der Waals surface area contributed by atoms with Crippen molar-refractivity contribution in [1.82, 2.24) is 10.2 Å². The Morgan fingerprint density at radius 2 is 2.15 bits per heavy atom. The first kappa shape index (κ1) is 15.3. The first-order valence-corrected chi connectivity index (χ1v) is 8.08. The van der Waals surface area contributed by atoms with E-state index in [0.29, 0.717) is 5.92 Å². The summed E-state index contributed by atoms with van der Waals surface area (Å²) in [5.74, 6) is 1.44. The summed E-state index contributed by atoms with van der Waals surface area (Å²) < 4.78 is 6.17. The van der Waals surface area contributed by atoms with Crippen LogP contribution in [0.2, 0.25) is 0 Å². The molecule has 0 saturated carbocycles. The summed E-state index contributed by atoms with van der Waals surface area (Å²) in [6.07, 6.45) is 0.980. The number of nitrogens with zero attached hydrogens (tertiary/aromatic N) is 2. The summed E-state index contributed by atoms with van der Waals surface area (Å²) in [5.41, 5.74) is 1.17. The minimum absolute atomic E-state index is 0.605. The Morgan fingerprint density at radius 3 is 2.80 bits per heavy atom. The molecule has 0 aliphatic rings. The third kappa shape index (κ3) is 4.18. The molecule has 0 spiro atoms. The largest absolute Gasteiger partial charge is 0.496 e. The Morgan fingerprint density at radius 1 is 1.35 bits per heavy atom. The molecule has 0 amide bonds. The molecule has 0 unspecified atom stereocenters. The molecular formula is C14H18BrN3OS. The van der Waals surface area contributed by atoms with E-state index < -0.39 is 0 Å². The number of aromatic nitrogens is 2. The standard InChI is InChI=1S/C14H18BrN3OS/c1-9(2)6-13-17-18-14(20-13)16-8-10-4-5-12(19-3)11(15)7-10/h4-5,7,9H,6,8H2,1-3H3,(H,16,18). The lowest BCUT2D eigenvalue weighted by molar-refractivity contribution is 0.412.